The first-order valence-electron chi connectivity index (χ1n) is 16.9. The molecule has 3 aromatic heterocycles. The number of rotatable bonds is 3. The number of fused-ring (bicyclic) bond motifs is 10. The fraction of sp³-hybridized carbons (Fsp3) is 0. The molecular weight excluding hydrogens is 653 g/mol. The highest BCUT2D eigenvalue weighted by atomic mass is 16.3. The fourth-order valence-corrected chi connectivity index (χ4v) is 8.16. The lowest BCUT2D eigenvalue weighted by atomic mass is 9.91. The molecule has 0 radical (unpaired) electrons. The van der Waals surface area contributed by atoms with E-state index in [-0.39, 0.29) is 16.7 Å². The second-order valence-electron chi connectivity index (χ2n) is 12.9. The third-order valence-corrected chi connectivity index (χ3v) is 10.3. The minimum absolute atomic E-state index is 0.241. The van der Waals surface area contributed by atoms with Crippen LogP contribution in [0.4, 0.5) is 0 Å². The van der Waals surface area contributed by atoms with Gasteiger partial charge in [0.25, 0.3) is 0 Å². The molecule has 0 saturated heterocycles. The minimum atomic E-state index is 0.241. The first kappa shape index (κ1) is 29.8. The lowest BCUT2D eigenvalue weighted by molar-refractivity contribution is 0.669. The van der Waals surface area contributed by atoms with Gasteiger partial charge in [0.05, 0.1) is 61.8 Å². The van der Waals surface area contributed by atoms with Crippen LogP contribution in [0, 0.1) is 45.3 Å². The van der Waals surface area contributed by atoms with E-state index in [1.54, 1.807) is 24.3 Å². The topological polar surface area (TPSA) is 118 Å². The Morgan fingerprint density at radius 2 is 1.02 bits per heavy atom. The minimum Gasteiger partial charge on any atom is -0.456 e. The van der Waals surface area contributed by atoms with Crippen molar-refractivity contribution in [2.45, 2.75) is 0 Å². The average Bonchev–Trinajstić information content (AvgIpc) is 3.87. The highest BCUT2D eigenvalue weighted by Gasteiger charge is 2.27. The Labute approximate surface area is 301 Å². The molecule has 7 aromatic carbocycles. The Morgan fingerprint density at radius 1 is 0.415 bits per heavy atom. The van der Waals surface area contributed by atoms with Crippen molar-refractivity contribution in [2.75, 3.05) is 0 Å². The van der Waals surface area contributed by atoms with Gasteiger partial charge in [-0.25, -0.2) is 0 Å². The number of benzene rings is 7. The van der Waals surface area contributed by atoms with Crippen LogP contribution in [0.3, 0.4) is 0 Å². The number of nitriles is 4. The van der Waals surface area contributed by atoms with E-state index in [1.807, 2.05) is 118 Å². The van der Waals surface area contributed by atoms with Crippen LogP contribution in [0.1, 0.15) is 22.3 Å². The van der Waals surface area contributed by atoms with Crippen molar-refractivity contribution in [2.24, 2.45) is 0 Å². The normalized spacial score (nSPS) is 11.3. The van der Waals surface area contributed by atoms with E-state index >= 15 is 0 Å². The van der Waals surface area contributed by atoms with Crippen LogP contribution in [0.2, 0.25) is 0 Å². The molecule has 0 fully saturated rings. The van der Waals surface area contributed by atoms with Crippen molar-refractivity contribution in [1.29, 1.82) is 21.0 Å². The molecule has 0 amide bonds. The van der Waals surface area contributed by atoms with Crippen molar-refractivity contribution in [1.82, 2.24) is 9.13 Å². The predicted molar refractivity (Wildman–Crippen MR) is 207 cm³/mol. The quantitative estimate of drug-likeness (QED) is 0.185. The van der Waals surface area contributed by atoms with Gasteiger partial charge in [0.15, 0.2) is 0 Å². The highest BCUT2D eigenvalue weighted by molar-refractivity contribution is 6.27. The van der Waals surface area contributed by atoms with Gasteiger partial charge in [-0.15, -0.1) is 0 Å². The molecule has 0 aliphatic rings. The first-order valence-corrected chi connectivity index (χ1v) is 16.9. The van der Waals surface area contributed by atoms with E-state index < -0.39 is 0 Å². The Balaban J connectivity index is 1.37. The molecule has 0 spiro atoms. The van der Waals surface area contributed by atoms with Crippen LogP contribution < -0.4 is 0 Å². The molecule has 0 unspecified atom stereocenters. The van der Waals surface area contributed by atoms with Crippen LogP contribution in [0.25, 0.3) is 88.1 Å². The van der Waals surface area contributed by atoms with Crippen LogP contribution in [0.15, 0.2) is 138 Å². The van der Waals surface area contributed by atoms with Gasteiger partial charge < -0.3 is 13.6 Å². The molecule has 7 nitrogen and oxygen atoms in total. The summed E-state index contributed by atoms with van der Waals surface area (Å²) in [6.07, 6.45) is 0. The molecule has 0 bridgehead atoms. The Bertz CT molecular complexity index is 3350. The number of para-hydroxylation sites is 4. The maximum Gasteiger partial charge on any atom is 0.136 e. The lowest BCUT2D eigenvalue weighted by Crippen LogP contribution is -2.06. The summed E-state index contributed by atoms with van der Waals surface area (Å²) in [5, 5.41) is 48.5. The van der Waals surface area contributed by atoms with E-state index in [0.29, 0.717) is 28.1 Å². The number of hydrogen-bond donors (Lipinski definition) is 0. The van der Waals surface area contributed by atoms with Crippen molar-refractivity contribution >= 4 is 65.6 Å². The summed E-state index contributed by atoms with van der Waals surface area (Å²) in [4.78, 5) is 0. The largest absolute Gasteiger partial charge is 0.456 e. The third-order valence-electron chi connectivity index (χ3n) is 10.3. The van der Waals surface area contributed by atoms with E-state index in [0.717, 1.165) is 65.6 Å². The van der Waals surface area contributed by atoms with Crippen LogP contribution in [0.5, 0.6) is 0 Å². The summed E-state index contributed by atoms with van der Waals surface area (Å²) < 4.78 is 10.3. The Hall–Kier alpha value is -8.10. The van der Waals surface area contributed by atoms with Gasteiger partial charge in [-0.05, 0) is 54.6 Å². The number of aromatic nitrogens is 2. The molecular formula is C46H22N6O. The Morgan fingerprint density at radius 3 is 1.68 bits per heavy atom. The summed E-state index contributed by atoms with van der Waals surface area (Å²) in [7, 11) is 0. The predicted octanol–water partition coefficient (Wildman–Crippen LogP) is 10.9. The third kappa shape index (κ3) is 4.05. The molecule has 10 aromatic rings. The summed E-state index contributed by atoms with van der Waals surface area (Å²) in [6, 6.07) is 52.0. The van der Waals surface area contributed by atoms with Crippen LogP contribution in [-0.4, -0.2) is 9.13 Å². The molecule has 0 aliphatic heterocycles. The van der Waals surface area contributed by atoms with Gasteiger partial charge in [0, 0.05) is 43.4 Å². The highest BCUT2D eigenvalue weighted by Crippen LogP contribution is 2.45. The summed E-state index contributed by atoms with van der Waals surface area (Å²) in [5.41, 5.74) is 7.98. The van der Waals surface area contributed by atoms with E-state index in [4.69, 9.17) is 4.42 Å². The molecule has 53 heavy (non-hydrogen) atoms. The monoisotopic (exact) mass is 674 g/mol. The number of hydrogen-bond acceptors (Lipinski definition) is 5. The van der Waals surface area contributed by atoms with E-state index in [9.17, 15) is 21.0 Å². The van der Waals surface area contributed by atoms with Crippen LogP contribution >= 0.6 is 0 Å². The zero-order valence-electron chi connectivity index (χ0n) is 27.8. The molecule has 242 valence electrons. The van der Waals surface area contributed by atoms with Crippen molar-refractivity contribution < 1.29 is 4.42 Å². The Kier molecular flexibility index (Phi) is 6.30. The first-order chi connectivity index (χ1) is 26.1. The summed E-state index contributed by atoms with van der Waals surface area (Å²) >= 11 is 0. The van der Waals surface area contributed by atoms with E-state index in [2.05, 4.69) is 24.3 Å². The van der Waals surface area contributed by atoms with Gasteiger partial charge in [-0.2, -0.15) is 21.0 Å². The molecule has 7 heteroatoms. The second-order valence-corrected chi connectivity index (χ2v) is 12.9. The van der Waals surface area contributed by atoms with Gasteiger partial charge in [-0.1, -0.05) is 78.9 Å². The molecule has 10 rings (SSSR count). The molecule has 0 aliphatic carbocycles. The molecule has 0 saturated carbocycles. The van der Waals surface area contributed by atoms with Gasteiger partial charge >= 0.3 is 0 Å². The van der Waals surface area contributed by atoms with E-state index in [1.165, 1.54) is 0 Å². The maximum atomic E-state index is 11.2. The average molecular weight is 675 g/mol. The number of furan rings is 1. The number of nitrogens with zero attached hydrogens (tertiary/aromatic N) is 6. The zero-order chi connectivity index (χ0) is 35.8. The van der Waals surface area contributed by atoms with Crippen molar-refractivity contribution in [3.63, 3.8) is 0 Å². The summed E-state index contributed by atoms with van der Waals surface area (Å²) in [5.74, 6) is 0. The standard InChI is InChI=1S/C46H22N6O/c47-23-27-21-29(25-49)46(51-37-13-5-1-9-31(37)32-10-2-6-14-38(32)51)35(22-27)30-18-17-28(24-48)45(36(30)26-50)52-39-15-7-3-11-33(39)43-40(52)19-20-42-44(43)34-12-4-8-16-41(34)53-42/h1-22H. The molecule has 0 N–H and O–H groups in total. The molecule has 3 heterocycles. The van der Waals surface area contributed by atoms with Crippen LogP contribution in [-0.2, 0) is 0 Å². The second kappa shape index (κ2) is 11.2. The summed E-state index contributed by atoms with van der Waals surface area (Å²) in [6.45, 7) is 0. The lowest BCUT2D eigenvalue weighted by Gasteiger charge is -2.20. The molecule has 0 atom stereocenters. The SMILES string of the molecule is N#Cc1cc(C#N)c(-n2c3ccccc3c3ccccc32)c(-c2ccc(C#N)c(-n3c4ccccc4c4c5c(ccc43)oc3ccccc35)c2C#N)c1. The van der Waals surface area contributed by atoms with Crippen molar-refractivity contribution in [3.05, 3.63) is 156 Å². The smallest absolute Gasteiger partial charge is 0.136 e. The van der Waals surface area contributed by atoms with Crippen molar-refractivity contribution in [3.8, 4) is 46.8 Å². The van der Waals surface area contributed by atoms with Gasteiger partial charge in [0.1, 0.15) is 29.4 Å². The van der Waals surface area contributed by atoms with Gasteiger partial charge in [-0.3, -0.25) is 0 Å². The van der Waals surface area contributed by atoms with Gasteiger partial charge in [0.2, 0.25) is 0 Å². The zero-order valence-corrected chi connectivity index (χ0v) is 27.8. The fourth-order valence-electron chi connectivity index (χ4n) is 8.16. The maximum absolute atomic E-state index is 11.2.